The van der Waals surface area contributed by atoms with Gasteiger partial charge in [-0.15, -0.1) is 0 Å². The van der Waals surface area contributed by atoms with Crippen LogP contribution in [0.5, 0.6) is 0 Å². The minimum Gasteiger partial charge on any atom is -0.546 e. The van der Waals surface area contributed by atoms with Gasteiger partial charge in [0.15, 0.2) is 0 Å². The monoisotopic (exact) mass is 437 g/mol. The van der Waals surface area contributed by atoms with Gasteiger partial charge in [0.05, 0.1) is 5.76 Å². The van der Waals surface area contributed by atoms with E-state index in [9.17, 15) is 4.39 Å². The van der Waals surface area contributed by atoms with E-state index in [1.54, 1.807) is 12.1 Å². The molecule has 4 heteroatoms. The number of halogens is 1. The lowest BCUT2D eigenvalue weighted by atomic mass is 9.74. The predicted octanol–water partition coefficient (Wildman–Crippen LogP) is 6.97. The van der Waals surface area contributed by atoms with E-state index in [4.69, 9.17) is 4.43 Å². The molecule has 0 spiro atoms. The molecule has 2 aliphatic rings. The Morgan fingerprint density at radius 2 is 1.68 bits per heavy atom. The number of benzene rings is 2. The van der Waals surface area contributed by atoms with Gasteiger partial charge in [0, 0.05) is 25.6 Å². The van der Waals surface area contributed by atoms with Crippen LogP contribution < -0.4 is 0 Å². The minimum absolute atomic E-state index is 0.146. The first-order valence-corrected chi connectivity index (χ1v) is 14.5. The summed E-state index contributed by atoms with van der Waals surface area (Å²) >= 11 is 0. The molecule has 1 heterocycles. The highest BCUT2D eigenvalue weighted by Gasteiger charge is 2.46. The van der Waals surface area contributed by atoms with Gasteiger partial charge in [0.25, 0.3) is 0 Å². The van der Waals surface area contributed by atoms with Gasteiger partial charge in [-0.25, -0.2) is 4.39 Å². The van der Waals surface area contributed by atoms with Gasteiger partial charge in [0.1, 0.15) is 5.82 Å². The summed E-state index contributed by atoms with van der Waals surface area (Å²) in [6, 6.07) is 17.9. The molecule has 3 atom stereocenters. The van der Waals surface area contributed by atoms with E-state index >= 15 is 0 Å². The highest BCUT2D eigenvalue weighted by atomic mass is 28.4. The summed E-state index contributed by atoms with van der Waals surface area (Å²) in [5.74, 6) is 2.27. The molecule has 2 nitrogen and oxygen atoms in total. The minimum atomic E-state index is -1.96. The molecule has 1 saturated heterocycles. The van der Waals surface area contributed by atoms with E-state index in [2.05, 4.69) is 75.2 Å². The van der Waals surface area contributed by atoms with Crippen LogP contribution in [0.2, 0.25) is 18.1 Å². The Morgan fingerprint density at radius 3 is 2.32 bits per heavy atom. The van der Waals surface area contributed by atoms with Crippen molar-refractivity contribution < 1.29 is 8.82 Å². The molecular weight excluding hydrogens is 401 g/mol. The maximum Gasteiger partial charge on any atom is 0.250 e. The van der Waals surface area contributed by atoms with Crippen molar-refractivity contribution >= 4 is 8.32 Å². The fourth-order valence-electron chi connectivity index (χ4n) is 4.83. The summed E-state index contributed by atoms with van der Waals surface area (Å²) in [5.41, 5.74) is 2.55. The zero-order valence-electron chi connectivity index (χ0n) is 19.6. The average Bonchev–Trinajstić information content (AvgIpc) is 3.11. The number of rotatable bonds is 5. The van der Waals surface area contributed by atoms with Gasteiger partial charge in [-0.2, -0.15) is 0 Å². The number of fused-ring (bicyclic) bond motifs is 1. The first-order valence-electron chi connectivity index (χ1n) is 11.5. The van der Waals surface area contributed by atoms with Crippen molar-refractivity contribution in [3.05, 3.63) is 83.4 Å². The third-order valence-electron chi connectivity index (χ3n) is 7.58. The molecule has 1 aliphatic heterocycles. The molecule has 4 rings (SSSR count). The van der Waals surface area contributed by atoms with E-state index in [-0.39, 0.29) is 16.8 Å². The Hall–Kier alpha value is -1.91. The summed E-state index contributed by atoms with van der Waals surface area (Å²) in [7, 11) is -1.96. The van der Waals surface area contributed by atoms with Crippen LogP contribution in [0.1, 0.15) is 44.2 Å². The van der Waals surface area contributed by atoms with Gasteiger partial charge in [0.2, 0.25) is 8.32 Å². The van der Waals surface area contributed by atoms with Crippen LogP contribution in [0.25, 0.3) is 0 Å². The van der Waals surface area contributed by atoms with Crippen LogP contribution in [-0.4, -0.2) is 26.3 Å². The first-order chi connectivity index (χ1) is 14.6. The maximum atomic E-state index is 13.7. The smallest absolute Gasteiger partial charge is 0.250 e. The second-order valence-corrected chi connectivity index (χ2v) is 15.6. The normalized spacial score (nSPS) is 24.6. The number of hydrogen-bond acceptors (Lipinski definition) is 2. The van der Waals surface area contributed by atoms with Gasteiger partial charge < -0.3 is 4.43 Å². The summed E-state index contributed by atoms with van der Waals surface area (Å²) in [6.45, 7) is 14.7. The van der Waals surface area contributed by atoms with Gasteiger partial charge >= 0.3 is 0 Å². The van der Waals surface area contributed by atoms with E-state index < -0.39 is 8.32 Å². The summed E-state index contributed by atoms with van der Waals surface area (Å²) in [5, 5.41) is 0.146. The molecule has 0 aromatic heterocycles. The van der Waals surface area contributed by atoms with Crippen molar-refractivity contribution in [3.63, 3.8) is 0 Å². The van der Waals surface area contributed by atoms with Crippen LogP contribution in [0.15, 0.2) is 66.4 Å². The van der Waals surface area contributed by atoms with Crippen LogP contribution in [0.4, 0.5) is 4.39 Å². The van der Waals surface area contributed by atoms with Crippen LogP contribution in [0.3, 0.4) is 0 Å². The van der Waals surface area contributed by atoms with Gasteiger partial charge in [-0.1, -0.05) is 63.2 Å². The zero-order chi connectivity index (χ0) is 22.2. The summed E-state index contributed by atoms with van der Waals surface area (Å²) in [4.78, 5) is 2.59. The van der Waals surface area contributed by atoms with E-state index in [0.717, 1.165) is 31.8 Å². The van der Waals surface area contributed by atoms with Crippen molar-refractivity contribution in [3.8, 4) is 0 Å². The van der Waals surface area contributed by atoms with E-state index in [1.165, 1.54) is 11.1 Å². The highest BCUT2D eigenvalue weighted by molar-refractivity contribution is 6.74. The quantitative estimate of drug-likeness (QED) is 0.468. The number of hydrogen-bond donors (Lipinski definition) is 0. The summed E-state index contributed by atoms with van der Waals surface area (Å²) in [6.07, 6.45) is 3.42. The highest BCUT2D eigenvalue weighted by Crippen LogP contribution is 2.49. The molecule has 0 bridgehead atoms. The molecule has 2 aromatic carbocycles. The fraction of sp³-hybridized carbons (Fsp3) is 0.481. The van der Waals surface area contributed by atoms with E-state index in [1.807, 2.05) is 12.1 Å². The average molecular weight is 438 g/mol. The van der Waals surface area contributed by atoms with Gasteiger partial charge in [-0.05, 0) is 65.7 Å². The number of likely N-dealkylation sites (tertiary alicyclic amines) is 1. The van der Waals surface area contributed by atoms with Crippen molar-refractivity contribution in [1.29, 1.82) is 0 Å². The fourth-order valence-corrected chi connectivity index (χ4v) is 5.93. The van der Waals surface area contributed by atoms with Gasteiger partial charge in [-0.3, -0.25) is 4.90 Å². The zero-order valence-corrected chi connectivity index (χ0v) is 20.6. The number of allylic oxidation sites excluding steroid dienone is 2. The van der Waals surface area contributed by atoms with Crippen molar-refractivity contribution in [2.24, 2.45) is 11.8 Å². The SMILES string of the molecule is CC(C)(C)[Si](C)(C)OC1=CC[C@H]2CN(Cc3ccccc3)C[C@H]2[C@@H]1c1ccc(F)cc1. The van der Waals surface area contributed by atoms with Crippen molar-refractivity contribution in [2.75, 3.05) is 13.1 Å². The van der Waals surface area contributed by atoms with Crippen molar-refractivity contribution in [1.82, 2.24) is 4.90 Å². The predicted molar refractivity (Wildman–Crippen MR) is 129 cm³/mol. The number of nitrogens with zero attached hydrogens (tertiary/aromatic N) is 1. The third kappa shape index (κ3) is 4.80. The molecule has 0 N–H and O–H groups in total. The topological polar surface area (TPSA) is 12.5 Å². The third-order valence-corrected chi connectivity index (χ3v) is 11.9. The van der Waals surface area contributed by atoms with Crippen LogP contribution >= 0.6 is 0 Å². The molecule has 0 amide bonds. The molecule has 1 fully saturated rings. The lowest BCUT2D eigenvalue weighted by molar-refractivity contribution is 0.256. The molecule has 166 valence electrons. The molecular formula is C27H36FNOSi. The molecule has 0 unspecified atom stereocenters. The van der Waals surface area contributed by atoms with Crippen molar-refractivity contribution in [2.45, 2.75) is 57.8 Å². The Bertz CT molecular complexity index is 917. The Balaban J connectivity index is 1.61. The van der Waals surface area contributed by atoms with Crippen LogP contribution in [-0.2, 0) is 11.0 Å². The lowest BCUT2D eigenvalue weighted by Gasteiger charge is -2.42. The van der Waals surface area contributed by atoms with Crippen LogP contribution in [0, 0.1) is 17.7 Å². The molecule has 0 radical (unpaired) electrons. The Morgan fingerprint density at radius 1 is 1.00 bits per heavy atom. The second-order valence-electron chi connectivity index (χ2n) is 10.8. The second kappa shape index (κ2) is 8.55. The standard InChI is InChI=1S/C27H36FNOSi/c1-27(2,3)31(4,5)30-25-16-13-22-18-29(17-20-9-7-6-8-10-20)19-24(22)26(25)21-11-14-23(28)15-12-21/h6-12,14-16,22,24,26H,13,17-19H2,1-5H3/t22-,24+,26-/m0/s1. The Kier molecular flexibility index (Phi) is 6.15. The first kappa shape index (κ1) is 22.3. The Labute approximate surface area is 188 Å². The summed E-state index contributed by atoms with van der Waals surface area (Å²) < 4.78 is 20.6. The largest absolute Gasteiger partial charge is 0.546 e. The maximum absolute atomic E-state index is 13.7. The molecule has 1 aliphatic carbocycles. The van der Waals surface area contributed by atoms with E-state index in [0.29, 0.717) is 11.8 Å². The molecule has 31 heavy (non-hydrogen) atoms. The molecule has 0 saturated carbocycles. The lowest BCUT2D eigenvalue weighted by Crippen LogP contribution is -2.42. The molecule has 2 aromatic rings.